The van der Waals surface area contributed by atoms with Crippen LogP contribution in [0.3, 0.4) is 0 Å². The Bertz CT molecular complexity index is 726. The second-order valence-corrected chi connectivity index (χ2v) is 6.62. The maximum absolute atomic E-state index is 12.4. The molecule has 0 unspecified atom stereocenters. The lowest BCUT2D eigenvalue weighted by molar-refractivity contribution is 0.0818. The summed E-state index contributed by atoms with van der Waals surface area (Å²) in [5.41, 5.74) is 2.95. The van der Waals surface area contributed by atoms with Crippen LogP contribution in [0.4, 0.5) is 0 Å². The third-order valence-electron chi connectivity index (χ3n) is 3.95. The van der Waals surface area contributed by atoms with Gasteiger partial charge in [0.15, 0.2) is 6.61 Å². The Morgan fingerprint density at radius 3 is 2.67 bits per heavy atom. The summed E-state index contributed by atoms with van der Waals surface area (Å²) in [6.07, 6.45) is 4.40. The maximum Gasteiger partial charge on any atom is 0.284 e. The summed E-state index contributed by atoms with van der Waals surface area (Å²) in [7, 11) is 0. The number of benzene rings is 1. The van der Waals surface area contributed by atoms with E-state index >= 15 is 0 Å². The number of hydrogen-bond donors (Lipinski definition) is 0. The summed E-state index contributed by atoms with van der Waals surface area (Å²) < 4.78 is 6.94. The van der Waals surface area contributed by atoms with E-state index in [1.165, 1.54) is 17.5 Å². The van der Waals surface area contributed by atoms with Crippen LogP contribution in [0.2, 0.25) is 10.0 Å². The Morgan fingerprint density at radius 1 is 1.25 bits per heavy atom. The minimum atomic E-state index is -0.219. The monoisotopic (exact) mass is 368 g/mol. The molecular weight excluding hydrogens is 347 g/mol. The van der Waals surface area contributed by atoms with Crippen molar-refractivity contribution >= 4 is 29.1 Å². The molecule has 0 aliphatic rings. The van der Waals surface area contributed by atoms with Crippen LogP contribution >= 0.6 is 23.2 Å². The zero-order valence-corrected chi connectivity index (χ0v) is 15.7. The summed E-state index contributed by atoms with van der Waals surface area (Å²) >= 11 is 11.9. The molecule has 2 aromatic rings. The Morgan fingerprint density at radius 2 is 2.00 bits per heavy atom. The van der Waals surface area contributed by atoms with E-state index in [0.29, 0.717) is 15.8 Å². The van der Waals surface area contributed by atoms with Crippen molar-refractivity contribution in [3.63, 3.8) is 0 Å². The third kappa shape index (κ3) is 4.52. The quantitative estimate of drug-likeness (QED) is 0.626. The minimum absolute atomic E-state index is 0.127. The molecule has 1 aromatic heterocycles. The SMILES string of the molecule is CCCCCc1c(C)nn(C(=O)COc2ccc(Cl)cc2Cl)c1C. The van der Waals surface area contributed by atoms with Gasteiger partial charge >= 0.3 is 0 Å². The molecule has 0 atom stereocenters. The first-order valence-corrected chi connectivity index (χ1v) is 8.85. The topological polar surface area (TPSA) is 44.1 Å². The summed E-state index contributed by atoms with van der Waals surface area (Å²) in [6.45, 7) is 5.91. The molecule has 0 saturated heterocycles. The number of ether oxygens (including phenoxy) is 1. The fourth-order valence-corrected chi connectivity index (χ4v) is 3.09. The number of rotatable bonds is 7. The molecule has 0 spiro atoms. The van der Waals surface area contributed by atoms with E-state index in [1.54, 1.807) is 18.2 Å². The normalized spacial score (nSPS) is 10.9. The molecule has 0 N–H and O–H groups in total. The number of nitrogens with zero attached hydrogens (tertiary/aromatic N) is 2. The van der Waals surface area contributed by atoms with Gasteiger partial charge in [-0.2, -0.15) is 5.10 Å². The summed E-state index contributed by atoms with van der Waals surface area (Å²) in [5.74, 6) is 0.211. The maximum atomic E-state index is 12.4. The largest absolute Gasteiger partial charge is 0.482 e. The fraction of sp³-hybridized carbons (Fsp3) is 0.444. The van der Waals surface area contributed by atoms with Gasteiger partial charge in [0.25, 0.3) is 5.91 Å². The molecule has 0 bridgehead atoms. The standard InChI is InChI=1S/C18H22Cl2N2O2/c1-4-5-6-7-15-12(2)21-22(13(15)3)18(23)11-24-17-9-8-14(19)10-16(17)20/h8-10H,4-7,11H2,1-3H3. The predicted octanol–water partition coefficient (Wildman–Crippen LogP) is 5.26. The number of aryl methyl sites for hydroxylation is 1. The highest BCUT2D eigenvalue weighted by Crippen LogP contribution is 2.27. The lowest BCUT2D eigenvalue weighted by Crippen LogP contribution is -2.22. The number of carbonyl (C=O) groups excluding carboxylic acids is 1. The zero-order valence-electron chi connectivity index (χ0n) is 14.2. The molecule has 0 saturated carbocycles. The van der Waals surface area contributed by atoms with E-state index in [9.17, 15) is 4.79 Å². The highest BCUT2D eigenvalue weighted by atomic mass is 35.5. The lowest BCUT2D eigenvalue weighted by Gasteiger charge is -2.08. The van der Waals surface area contributed by atoms with Crippen LogP contribution in [0.25, 0.3) is 0 Å². The van der Waals surface area contributed by atoms with E-state index in [4.69, 9.17) is 27.9 Å². The van der Waals surface area contributed by atoms with Gasteiger partial charge in [-0.1, -0.05) is 43.0 Å². The second-order valence-electron chi connectivity index (χ2n) is 5.78. The second kappa shape index (κ2) is 8.54. The Kier molecular flexibility index (Phi) is 6.69. The Hall–Kier alpha value is -1.52. The molecule has 4 nitrogen and oxygen atoms in total. The van der Waals surface area contributed by atoms with Crippen LogP contribution in [0.5, 0.6) is 5.75 Å². The first kappa shape index (κ1) is 18.8. The van der Waals surface area contributed by atoms with Gasteiger partial charge in [-0.05, 0) is 50.5 Å². The van der Waals surface area contributed by atoms with Crippen molar-refractivity contribution in [1.29, 1.82) is 0 Å². The van der Waals surface area contributed by atoms with Crippen molar-refractivity contribution in [3.05, 3.63) is 45.2 Å². The van der Waals surface area contributed by atoms with E-state index in [2.05, 4.69) is 12.0 Å². The van der Waals surface area contributed by atoms with Crippen molar-refractivity contribution in [1.82, 2.24) is 9.78 Å². The van der Waals surface area contributed by atoms with Gasteiger partial charge in [0, 0.05) is 10.7 Å². The zero-order chi connectivity index (χ0) is 17.7. The number of unbranched alkanes of at least 4 members (excludes halogenated alkanes) is 2. The molecule has 6 heteroatoms. The van der Waals surface area contributed by atoms with E-state index in [-0.39, 0.29) is 12.5 Å². The van der Waals surface area contributed by atoms with E-state index in [1.807, 2.05) is 13.8 Å². The lowest BCUT2D eigenvalue weighted by atomic mass is 10.1. The average Bonchev–Trinajstić information content (AvgIpc) is 2.82. The molecule has 1 heterocycles. The van der Waals surface area contributed by atoms with Crippen LogP contribution < -0.4 is 4.74 Å². The van der Waals surface area contributed by atoms with Gasteiger partial charge < -0.3 is 4.74 Å². The first-order valence-electron chi connectivity index (χ1n) is 8.10. The van der Waals surface area contributed by atoms with Crippen molar-refractivity contribution in [2.75, 3.05) is 6.61 Å². The number of hydrogen-bond acceptors (Lipinski definition) is 3. The number of aromatic nitrogens is 2. The van der Waals surface area contributed by atoms with Gasteiger partial charge in [0.05, 0.1) is 10.7 Å². The molecule has 0 aliphatic heterocycles. The first-order chi connectivity index (χ1) is 11.4. The number of halogens is 2. The summed E-state index contributed by atoms with van der Waals surface area (Å²) in [4.78, 5) is 12.4. The van der Waals surface area contributed by atoms with Crippen LogP contribution in [-0.4, -0.2) is 22.3 Å². The fourth-order valence-electron chi connectivity index (χ4n) is 2.62. The highest BCUT2D eigenvalue weighted by molar-refractivity contribution is 6.35. The third-order valence-corrected chi connectivity index (χ3v) is 4.48. The molecule has 1 aromatic carbocycles. The van der Waals surface area contributed by atoms with Gasteiger partial charge in [0.1, 0.15) is 5.75 Å². The van der Waals surface area contributed by atoms with E-state index < -0.39 is 0 Å². The van der Waals surface area contributed by atoms with Gasteiger partial charge in [-0.3, -0.25) is 4.79 Å². The highest BCUT2D eigenvalue weighted by Gasteiger charge is 2.17. The summed E-state index contributed by atoms with van der Waals surface area (Å²) in [5, 5.41) is 5.27. The van der Waals surface area contributed by atoms with Crippen LogP contribution in [-0.2, 0) is 6.42 Å². The molecule has 0 fully saturated rings. The van der Waals surface area contributed by atoms with Crippen LogP contribution in [0.1, 0.15) is 47.9 Å². The average molecular weight is 369 g/mol. The predicted molar refractivity (Wildman–Crippen MR) is 97.5 cm³/mol. The van der Waals surface area contributed by atoms with Crippen LogP contribution in [0, 0.1) is 13.8 Å². The Labute approximate surface area is 152 Å². The number of carbonyl (C=O) groups is 1. The minimum Gasteiger partial charge on any atom is -0.482 e. The molecule has 130 valence electrons. The summed E-state index contributed by atoms with van der Waals surface area (Å²) in [6, 6.07) is 4.90. The molecule has 0 aliphatic carbocycles. The van der Waals surface area contributed by atoms with Crippen molar-refractivity contribution < 1.29 is 9.53 Å². The Balaban J connectivity index is 2.05. The van der Waals surface area contributed by atoms with Gasteiger partial charge in [-0.15, -0.1) is 0 Å². The molecule has 0 radical (unpaired) electrons. The van der Waals surface area contributed by atoms with E-state index in [0.717, 1.165) is 29.8 Å². The van der Waals surface area contributed by atoms with Crippen LogP contribution in [0.15, 0.2) is 18.2 Å². The van der Waals surface area contributed by atoms with Crippen molar-refractivity contribution in [3.8, 4) is 5.75 Å². The molecule has 2 rings (SSSR count). The molecular formula is C18H22Cl2N2O2. The molecule has 0 amide bonds. The smallest absolute Gasteiger partial charge is 0.284 e. The van der Waals surface area contributed by atoms with Crippen molar-refractivity contribution in [2.24, 2.45) is 0 Å². The van der Waals surface area contributed by atoms with Gasteiger partial charge in [-0.25, -0.2) is 4.68 Å². The van der Waals surface area contributed by atoms with Gasteiger partial charge in [0.2, 0.25) is 0 Å². The molecule has 24 heavy (non-hydrogen) atoms. The van der Waals surface area contributed by atoms with Crippen molar-refractivity contribution in [2.45, 2.75) is 46.5 Å².